The predicted molar refractivity (Wildman–Crippen MR) is 143 cm³/mol. The molecule has 1 amide bonds. The van der Waals surface area contributed by atoms with Crippen molar-refractivity contribution in [2.75, 3.05) is 16.3 Å². The van der Waals surface area contributed by atoms with Crippen molar-refractivity contribution < 1.29 is 39.9 Å². The van der Waals surface area contributed by atoms with Gasteiger partial charge in [-0.15, -0.1) is 4.40 Å². The summed E-state index contributed by atoms with van der Waals surface area (Å²) in [7, 11) is -8.11. The molecule has 4 atom stereocenters. The molecule has 4 aliphatic rings. The third-order valence-electron chi connectivity index (χ3n) is 8.18. The summed E-state index contributed by atoms with van der Waals surface area (Å²) in [5.74, 6) is -1.62. The van der Waals surface area contributed by atoms with Gasteiger partial charge < -0.3 is 15.3 Å². The molecule has 2 fully saturated rings. The Labute approximate surface area is 234 Å². The zero-order valence-corrected chi connectivity index (χ0v) is 23.1. The SMILES string of the molecule is CS(=O)(=O)Nc1ccc2c(c1)S(=O)(=O)N=C(C1=C(O)[C@@H]3[C@@H]4CC[C@@H](C4)[C@@H]3N(Cc3ccc(C(F)(F)F)cc3)C1=O)N2. The molecule has 2 bridgehead atoms. The first-order valence-corrected chi connectivity index (χ1v) is 16.1. The number of carbonyl (C=O) groups excluding carboxylic acids is 1. The molecule has 0 radical (unpaired) electrons. The molecule has 2 aliphatic heterocycles. The standard InChI is InChI=1S/C26H25F3N4O6S2/c1-40(36,37)31-17-8-9-18-19(11-17)41(38,39)32-24(30-18)21-23(34)20-14-4-5-15(10-14)22(20)33(25(21)35)12-13-2-6-16(7-3-13)26(27,28)29/h2-3,6-9,11,14-15,20,22,31,34H,4-5,10,12H2,1H3,(H,30,32)/t14-,15+,20-,22+/m1/s1. The maximum atomic E-state index is 14.0. The topological polar surface area (TPSA) is 145 Å². The number of fused-ring (bicyclic) bond motifs is 6. The normalized spacial score (nSPS) is 26.8. The van der Waals surface area contributed by atoms with Crippen molar-refractivity contribution in [3.63, 3.8) is 0 Å². The number of alkyl halides is 3. The van der Waals surface area contributed by atoms with Crippen LogP contribution < -0.4 is 10.0 Å². The second-order valence-corrected chi connectivity index (χ2v) is 14.2. The number of aliphatic hydroxyl groups excluding tert-OH is 1. The number of nitrogens with zero attached hydrogens (tertiary/aromatic N) is 2. The first-order chi connectivity index (χ1) is 19.1. The van der Waals surface area contributed by atoms with E-state index in [2.05, 4.69) is 14.4 Å². The third kappa shape index (κ3) is 4.84. The molecule has 0 aromatic heterocycles. The molecule has 218 valence electrons. The first kappa shape index (κ1) is 27.6. The average molecular weight is 611 g/mol. The molecule has 0 spiro atoms. The van der Waals surface area contributed by atoms with E-state index in [0.717, 1.165) is 43.7 Å². The number of hydrogen-bond acceptors (Lipinski definition) is 7. The van der Waals surface area contributed by atoms with Crippen LogP contribution in [0.4, 0.5) is 24.5 Å². The summed E-state index contributed by atoms with van der Waals surface area (Å²) in [6, 6.07) is 7.86. The molecule has 3 N–H and O–H groups in total. The highest BCUT2D eigenvalue weighted by molar-refractivity contribution is 7.92. The summed E-state index contributed by atoms with van der Waals surface area (Å²) in [5.41, 5.74) is -0.638. The average Bonchev–Trinajstić information content (AvgIpc) is 3.48. The van der Waals surface area contributed by atoms with Crippen molar-refractivity contribution in [1.82, 2.24) is 4.90 Å². The van der Waals surface area contributed by atoms with E-state index in [1.54, 1.807) is 0 Å². The fourth-order valence-corrected chi connectivity index (χ4v) is 8.29. The number of amidine groups is 1. The lowest BCUT2D eigenvalue weighted by Crippen LogP contribution is -2.53. The number of anilines is 2. The van der Waals surface area contributed by atoms with Gasteiger partial charge in [-0.25, -0.2) is 8.42 Å². The van der Waals surface area contributed by atoms with Crippen molar-refractivity contribution in [2.45, 2.75) is 42.9 Å². The number of nitrogens with one attached hydrogen (secondary N) is 2. The van der Waals surface area contributed by atoms with Gasteiger partial charge in [-0.2, -0.15) is 21.6 Å². The van der Waals surface area contributed by atoms with E-state index >= 15 is 0 Å². The smallest absolute Gasteiger partial charge is 0.416 e. The molecule has 2 saturated carbocycles. The Morgan fingerprint density at radius 3 is 2.46 bits per heavy atom. The van der Waals surface area contributed by atoms with E-state index in [-0.39, 0.29) is 57.9 Å². The largest absolute Gasteiger partial charge is 0.511 e. The van der Waals surface area contributed by atoms with E-state index in [1.807, 2.05) is 0 Å². The van der Waals surface area contributed by atoms with Gasteiger partial charge in [0.1, 0.15) is 16.2 Å². The van der Waals surface area contributed by atoms with Crippen LogP contribution in [-0.4, -0.2) is 50.9 Å². The molecule has 15 heteroatoms. The molecule has 41 heavy (non-hydrogen) atoms. The van der Waals surface area contributed by atoms with E-state index < -0.39 is 43.6 Å². The molecule has 2 aromatic carbocycles. The quantitative estimate of drug-likeness (QED) is 0.466. The second kappa shape index (κ2) is 9.21. The van der Waals surface area contributed by atoms with Gasteiger partial charge in [-0.05, 0) is 67.0 Å². The lowest BCUT2D eigenvalue weighted by molar-refractivity contribution is -0.138. The number of rotatable bonds is 5. The number of hydrogen-bond donors (Lipinski definition) is 3. The van der Waals surface area contributed by atoms with E-state index in [4.69, 9.17) is 0 Å². The minimum absolute atomic E-state index is 0.00128. The molecular weight excluding hydrogens is 585 g/mol. The van der Waals surface area contributed by atoms with Crippen LogP contribution >= 0.6 is 0 Å². The van der Waals surface area contributed by atoms with Gasteiger partial charge >= 0.3 is 6.18 Å². The van der Waals surface area contributed by atoms with Gasteiger partial charge in [-0.1, -0.05) is 12.1 Å². The highest BCUT2D eigenvalue weighted by atomic mass is 32.2. The van der Waals surface area contributed by atoms with Crippen LogP contribution in [0.5, 0.6) is 0 Å². The summed E-state index contributed by atoms with van der Waals surface area (Å²) in [6.07, 6.45) is -1.16. The molecule has 0 saturated heterocycles. The number of sulfonamides is 2. The van der Waals surface area contributed by atoms with Gasteiger partial charge in [0, 0.05) is 24.2 Å². The highest BCUT2D eigenvalue weighted by Crippen LogP contribution is 2.55. The lowest BCUT2D eigenvalue weighted by Gasteiger charge is -2.44. The maximum Gasteiger partial charge on any atom is 0.416 e. The Hall–Kier alpha value is -3.59. The minimum Gasteiger partial charge on any atom is -0.511 e. The number of benzene rings is 2. The summed E-state index contributed by atoms with van der Waals surface area (Å²) < 4.78 is 94.8. The molecule has 6 rings (SSSR count). The Bertz CT molecular complexity index is 1740. The number of amides is 1. The van der Waals surface area contributed by atoms with Crippen LogP contribution in [0, 0.1) is 17.8 Å². The highest BCUT2D eigenvalue weighted by Gasteiger charge is 2.57. The van der Waals surface area contributed by atoms with Crippen LogP contribution in [0.1, 0.15) is 30.4 Å². The molecule has 0 unspecified atom stereocenters. The Morgan fingerprint density at radius 2 is 1.80 bits per heavy atom. The predicted octanol–water partition coefficient (Wildman–Crippen LogP) is 3.86. The number of carbonyl (C=O) groups is 1. The fraction of sp³-hybridized carbons (Fsp3) is 0.385. The summed E-state index contributed by atoms with van der Waals surface area (Å²) >= 11 is 0. The summed E-state index contributed by atoms with van der Waals surface area (Å²) in [5, 5.41) is 14.2. The Kier molecular flexibility index (Phi) is 6.19. The Balaban J connectivity index is 1.38. The monoisotopic (exact) mass is 610 g/mol. The zero-order chi connectivity index (χ0) is 29.5. The third-order valence-corrected chi connectivity index (χ3v) is 10.1. The van der Waals surface area contributed by atoms with Crippen LogP contribution in [-0.2, 0) is 37.6 Å². The molecule has 2 aromatic rings. The first-order valence-electron chi connectivity index (χ1n) is 12.8. The molecule has 2 aliphatic carbocycles. The number of aliphatic hydroxyl groups is 1. The van der Waals surface area contributed by atoms with E-state index in [9.17, 15) is 39.9 Å². The fourth-order valence-electron chi connectivity index (χ4n) is 6.59. The van der Waals surface area contributed by atoms with Crippen LogP contribution in [0.2, 0.25) is 0 Å². The molecular formula is C26H25F3N4O6S2. The summed E-state index contributed by atoms with van der Waals surface area (Å²) in [4.78, 5) is 15.1. The van der Waals surface area contributed by atoms with Gasteiger partial charge in [0.15, 0.2) is 5.84 Å². The number of halogens is 3. The van der Waals surface area contributed by atoms with Crippen LogP contribution in [0.3, 0.4) is 0 Å². The van der Waals surface area contributed by atoms with Gasteiger partial charge in [0.2, 0.25) is 10.0 Å². The molecule has 2 heterocycles. The van der Waals surface area contributed by atoms with Crippen molar-refractivity contribution in [2.24, 2.45) is 22.2 Å². The van der Waals surface area contributed by atoms with Gasteiger partial charge in [0.25, 0.3) is 15.9 Å². The van der Waals surface area contributed by atoms with E-state index in [0.29, 0.717) is 5.56 Å². The zero-order valence-electron chi connectivity index (χ0n) is 21.5. The van der Waals surface area contributed by atoms with Crippen molar-refractivity contribution in [3.8, 4) is 0 Å². The second-order valence-electron chi connectivity index (χ2n) is 10.9. The lowest BCUT2D eigenvalue weighted by atomic mass is 9.77. The van der Waals surface area contributed by atoms with Crippen LogP contribution in [0.15, 0.2) is 63.1 Å². The van der Waals surface area contributed by atoms with Gasteiger partial charge in [0.05, 0.1) is 17.5 Å². The van der Waals surface area contributed by atoms with Crippen molar-refractivity contribution in [3.05, 3.63) is 64.9 Å². The van der Waals surface area contributed by atoms with E-state index in [1.165, 1.54) is 29.2 Å². The van der Waals surface area contributed by atoms with Crippen molar-refractivity contribution >= 4 is 43.2 Å². The minimum atomic E-state index is -4.51. The van der Waals surface area contributed by atoms with Crippen LogP contribution in [0.25, 0.3) is 0 Å². The Morgan fingerprint density at radius 1 is 1.12 bits per heavy atom. The van der Waals surface area contributed by atoms with Crippen molar-refractivity contribution in [1.29, 1.82) is 0 Å². The maximum absolute atomic E-state index is 14.0. The summed E-state index contributed by atoms with van der Waals surface area (Å²) in [6.45, 7) is -0.0325. The van der Waals surface area contributed by atoms with Gasteiger partial charge in [-0.3, -0.25) is 9.52 Å². The molecule has 10 nitrogen and oxygen atoms in total.